The van der Waals surface area contributed by atoms with Crippen LogP contribution in [0.25, 0.3) is 11.6 Å². The number of pyridine rings is 1. The number of benzene rings is 1. The number of rotatable bonds is 4. The predicted octanol–water partition coefficient (Wildman–Crippen LogP) is 2.81. The molecule has 1 aromatic carbocycles. The quantitative estimate of drug-likeness (QED) is 0.774. The van der Waals surface area contributed by atoms with Gasteiger partial charge in [0.05, 0.1) is 0 Å². The first-order valence-corrected chi connectivity index (χ1v) is 7.88. The van der Waals surface area contributed by atoms with Gasteiger partial charge < -0.3 is 9.84 Å². The molecule has 7 nitrogen and oxygen atoms in total. The third-order valence-electron chi connectivity index (χ3n) is 3.55. The van der Waals surface area contributed by atoms with Crippen molar-refractivity contribution >= 4 is 23.2 Å². The zero-order valence-corrected chi connectivity index (χ0v) is 14.4. The maximum Gasteiger partial charge on any atom is 0.274 e. The van der Waals surface area contributed by atoms with Crippen LogP contribution in [0.4, 0.5) is 5.69 Å². The first kappa shape index (κ1) is 16.9. The lowest BCUT2D eigenvalue weighted by Crippen LogP contribution is -2.28. The highest BCUT2D eigenvalue weighted by atomic mass is 35.5. The van der Waals surface area contributed by atoms with Crippen LogP contribution in [0.2, 0.25) is 5.02 Å². The Balaban J connectivity index is 1.86. The lowest BCUT2D eigenvalue weighted by atomic mass is 10.2. The fourth-order valence-corrected chi connectivity index (χ4v) is 2.47. The lowest BCUT2D eigenvalue weighted by Gasteiger charge is -2.11. The Bertz CT molecular complexity index is 994. The number of amides is 1. The van der Waals surface area contributed by atoms with Gasteiger partial charge in [-0.05, 0) is 37.6 Å². The topological polar surface area (TPSA) is 90.0 Å². The van der Waals surface area contributed by atoms with E-state index in [2.05, 4.69) is 15.5 Å². The number of anilines is 1. The molecule has 8 heteroatoms. The van der Waals surface area contributed by atoms with Gasteiger partial charge in [0, 0.05) is 16.8 Å². The largest absolute Gasteiger partial charge is 0.332 e. The molecule has 3 aromatic rings. The molecule has 0 aliphatic heterocycles. The normalized spacial score (nSPS) is 10.7. The molecule has 1 amide bonds. The molecule has 2 aromatic heterocycles. The smallest absolute Gasteiger partial charge is 0.274 e. The zero-order valence-electron chi connectivity index (χ0n) is 13.6. The van der Waals surface area contributed by atoms with Crippen molar-refractivity contribution in [1.82, 2.24) is 14.7 Å². The maximum atomic E-state index is 12.3. The van der Waals surface area contributed by atoms with Crippen molar-refractivity contribution in [2.75, 3.05) is 5.32 Å². The Kier molecular flexibility index (Phi) is 4.67. The van der Waals surface area contributed by atoms with Crippen molar-refractivity contribution in [2.45, 2.75) is 20.4 Å². The molecule has 2 heterocycles. The second kappa shape index (κ2) is 6.90. The molecule has 0 fully saturated rings. The van der Waals surface area contributed by atoms with Gasteiger partial charge in [0.15, 0.2) is 5.82 Å². The Morgan fingerprint density at radius 1 is 1.28 bits per heavy atom. The second-order valence-electron chi connectivity index (χ2n) is 5.49. The minimum absolute atomic E-state index is 0.182. The minimum Gasteiger partial charge on any atom is -0.332 e. The van der Waals surface area contributed by atoms with Gasteiger partial charge in [-0.3, -0.25) is 14.2 Å². The molecule has 0 saturated carbocycles. The molecular formula is C17H15ClN4O3. The Morgan fingerprint density at radius 2 is 2.08 bits per heavy atom. The number of carbonyl (C=O) groups excluding carboxylic acids is 1. The van der Waals surface area contributed by atoms with Gasteiger partial charge in [-0.2, -0.15) is 4.98 Å². The molecule has 0 saturated heterocycles. The van der Waals surface area contributed by atoms with Crippen LogP contribution in [0.3, 0.4) is 0 Å². The summed E-state index contributed by atoms with van der Waals surface area (Å²) in [5, 5.41) is 6.98. The van der Waals surface area contributed by atoms with Crippen LogP contribution < -0.4 is 10.9 Å². The first-order valence-electron chi connectivity index (χ1n) is 7.50. The van der Waals surface area contributed by atoms with Gasteiger partial charge in [0.25, 0.3) is 11.4 Å². The Labute approximate surface area is 148 Å². The number of hydrogen-bond donors (Lipinski definition) is 1. The number of halogens is 1. The minimum atomic E-state index is -0.370. The third-order valence-corrected chi connectivity index (χ3v) is 3.96. The maximum absolute atomic E-state index is 12.3. The number of hydrogen-bond acceptors (Lipinski definition) is 5. The highest BCUT2D eigenvalue weighted by Gasteiger charge is 2.15. The summed E-state index contributed by atoms with van der Waals surface area (Å²) < 4.78 is 6.38. The van der Waals surface area contributed by atoms with Crippen LogP contribution >= 0.6 is 11.6 Å². The highest BCUT2D eigenvalue weighted by molar-refractivity contribution is 6.31. The Morgan fingerprint density at radius 3 is 2.76 bits per heavy atom. The predicted molar refractivity (Wildman–Crippen MR) is 93.5 cm³/mol. The van der Waals surface area contributed by atoms with E-state index in [1.165, 1.54) is 10.6 Å². The van der Waals surface area contributed by atoms with E-state index >= 15 is 0 Å². The lowest BCUT2D eigenvalue weighted by molar-refractivity contribution is -0.116. The van der Waals surface area contributed by atoms with Crippen molar-refractivity contribution in [3.05, 3.63) is 63.2 Å². The summed E-state index contributed by atoms with van der Waals surface area (Å²) in [7, 11) is 0. The van der Waals surface area contributed by atoms with Crippen LogP contribution in [0.5, 0.6) is 0 Å². The summed E-state index contributed by atoms with van der Waals surface area (Å²) in [6.07, 6.45) is 0. The van der Waals surface area contributed by atoms with Crippen molar-refractivity contribution < 1.29 is 9.32 Å². The summed E-state index contributed by atoms with van der Waals surface area (Å²) in [6, 6.07) is 9.79. The highest BCUT2D eigenvalue weighted by Crippen LogP contribution is 2.20. The fraction of sp³-hybridized carbons (Fsp3) is 0.176. The van der Waals surface area contributed by atoms with Gasteiger partial charge in [-0.1, -0.05) is 28.9 Å². The molecule has 0 spiro atoms. The van der Waals surface area contributed by atoms with E-state index in [9.17, 15) is 9.59 Å². The van der Waals surface area contributed by atoms with Crippen molar-refractivity contribution in [3.63, 3.8) is 0 Å². The van der Waals surface area contributed by atoms with E-state index in [0.29, 0.717) is 22.2 Å². The SMILES string of the molecule is Cc1noc(-c2cccc(=O)n2CC(=O)Nc2ccc(C)c(Cl)c2)n1. The van der Waals surface area contributed by atoms with E-state index < -0.39 is 0 Å². The molecule has 0 bridgehead atoms. The zero-order chi connectivity index (χ0) is 18.0. The van der Waals surface area contributed by atoms with Gasteiger partial charge in [-0.25, -0.2) is 0 Å². The van der Waals surface area contributed by atoms with Gasteiger partial charge >= 0.3 is 0 Å². The molecule has 0 aliphatic rings. The average molecular weight is 359 g/mol. The summed E-state index contributed by atoms with van der Waals surface area (Å²) in [5.74, 6) is 0.253. The average Bonchev–Trinajstić information content (AvgIpc) is 2.99. The first-order chi connectivity index (χ1) is 11.9. The number of carbonyl (C=O) groups is 1. The number of nitrogens with zero attached hydrogens (tertiary/aromatic N) is 3. The summed E-state index contributed by atoms with van der Waals surface area (Å²) in [4.78, 5) is 28.6. The summed E-state index contributed by atoms with van der Waals surface area (Å²) in [5.41, 5.74) is 1.50. The van der Waals surface area contributed by atoms with Crippen LogP contribution in [-0.2, 0) is 11.3 Å². The van der Waals surface area contributed by atoms with Gasteiger partial charge in [-0.15, -0.1) is 0 Å². The van der Waals surface area contributed by atoms with E-state index in [1.54, 1.807) is 37.3 Å². The molecule has 128 valence electrons. The van der Waals surface area contributed by atoms with Crippen molar-refractivity contribution in [1.29, 1.82) is 0 Å². The van der Waals surface area contributed by atoms with E-state index in [0.717, 1.165) is 5.56 Å². The summed E-state index contributed by atoms with van der Waals surface area (Å²) in [6.45, 7) is 3.35. The standard InChI is InChI=1S/C17H15ClN4O3/c1-10-6-7-12(8-13(10)18)20-15(23)9-22-14(4-3-5-16(22)24)17-19-11(2)21-25-17/h3-8H,9H2,1-2H3,(H,20,23). The molecule has 3 rings (SSSR count). The molecule has 1 N–H and O–H groups in total. The monoisotopic (exact) mass is 358 g/mol. The molecular weight excluding hydrogens is 344 g/mol. The number of aromatic nitrogens is 3. The Hall–Kier alpha value is -2.93. The third kappa shape index (κ3) is 3.77. The van der Waals surface area contributed by atoms with Crippen LogP contribution in [0, 0.1) is 13.8 Å². The van der Waals surface area contributed by atoms with E-state index in [1.807, 2.05) is 6.92 Å². The van der Waals surface area contributed by atoms with Gasteiger partial charge in [0.2, 0.25) is 5.91 Å². The molecule has 0 unspecified atom stereocenters. The number of aryl methyl sites for hydroxylation is 2. The van der Waals surface area contributed by atoms with E-state index in [4.69, 9.17) is 16.1 Å². The fourth-order valence-electron chi connectivity index (χ4n) is 2.29. The van der Waals surface area contributed by atoms with Crippen LogP contribution in [0.1, 0.15) is 11.4 Å². The number of nitrogens with one attached hydrogen (secondary N) is 1. The second-order valence-corrected chi connectivity index (χ2v) is 5.90. The molecule has 0 aliphatic carbocycles. The molecule has 0 atom stereocenters. The van der Waals surface area contributed by atoms with Crippen molar-refractivity contribution in [3.8, 4) is 11.6 Å². The van der Waals surface area contributed by atoms with Gasteiger partial charge in [0.1, 0.15) is 12.2 Å². The van der Waals surface area contributed by atoms with Crippen molar-refractivity contribution in [2.24, 2.45) is 0 Å². The summed E-state index contributed by atoms with van der Waals surface area (Å²) >= 11 is 6.06. The van der Waals surface area contributed by atoms with Crippen LogP contribution in [-0.4, -0.2) is 20.6 Å². The van der Waals surface area contributed by atoms with Crippen LogP contribution in [0.15, 0.2) is 45.7 Å². The molecule has 25 heavy (non-hydrogen) atoms. The van der Waals surface area contributed by atoms with E-state index in [-0.39, 0.29) is 23.9 Å². The molecule has 0 radical (unpaired) electrons.